The maximum atomic E-state index is 6.87. The van der Waals surface area contributed by atoms with E-state index in [1.54, 1.807) is 0 Å². The highest BCUT2D eigenvalue weighted by Crippen LogP contribution is 2.41. The molecule has 1 heteroatoms. The fourth-order valence-electron chi connectivity index (χ4n) is 3.66. The first-order valence-corrected chi connectivity index (χ1v) is 7.78. The van der Waals surface area contributed by atoms with E-state index in [0.29, 0.717) is 5.92 Å². The fourth-order valence-corrected chi connectivity index (χ4v) is 4.18. The summed E-state index contributed by atoms with van der Waals surface area (Å²) in [7, 11) is 0. The zero-order chi connectivity index (χ0) is 14.3. The molecule has 104 valence electrons. The van der Waals surface area contributed by atoms with E-state index < -0.39 is 0 Å². The average molecular weight is 285 g/mol. The number of benzene rings is 2. The van der Waals surface area contributed by atoms with Crippen molar-refractivity contribution in [1.29, 1.82) is 0 Å². The minimum Gasteiger partial charge on any atom is -0.117 e. The van der Waals surface area contributed by atoms with Crippen LogP contribution in [-0.4, -0.2) is 0 Å². The van der Waals surface area contributed by atoms with E-state index in [4.69, 9.17) is 11.6 Å². The molecule has 0 radical (unpaired) electrons. The standard InChI is InChI=1S/C19H21Cl/c1-12-8-13(2)18(14(3)9-12)19(20)17-10-15-6-4-5-7-16(15)11-17/h4-9,17,19H,10-11H2,1-3H3. The second-order valence-electron chi connectivity index (χ2n) is 6.15. The van der Waals surface area contributed by atoms with E-state index in [9.17, 15) is 0 Å². The van der Waals surface area contributed by atoms with Crippen molar-refractivity contribution in [3.05, 3.63) is 69.8 Å². The highest BCUT2D eigenvalue weighted by atomic mass is 35.5. The van der Waals surface area contributed by atoms with E-state index in [1.807, 2.05) is 0 Å². The molecule has 0 bridgehead atoms. The van der Waals surface area contributed by atoms with Crippen LogP contribution in [0.4, 0.5) is 0 Å². The molecule has 0 saturated carbocycles. The molecular weight excluding hydrogens is 264 g/mol. The minimum atomic E-state index is 0.114. The first-order chi connectivity index (χ1) is 9.56. The van der Waals surface area contributed by atoms with Gasteiger partial charge in [-0.05, 0) is 67.3 Å². The summed E-state index contributed by atoms with van der Waals surface area (Å²) in [6.07, 6.45) is 2.22. The molecule has 0 fully saturated rings. The van der Waals surface area contributed by atoms with Crippen LogP contribution in [0.3, 0.4) is 0 Å². The SMILES string of the molecule is Cc1cc(C)c(C(Cl)C2Cc3ccccc3C2)c(C)c1. The van der Waals surface area contributed by atoms with Crippen molar-refractivity contribution >= 4 is 11.6 Å². The van der Waals surface area contributed by atoms with Gasteiger partial charge in [-0.2, -0.15) is 0 Å². The van der Waals surface area contributed by atoms with Crippen molar-refractivity contribution < 1.29 is 0 Å². The van der Waals surface area contributed by atoms with Crippen LogP contribution in [0.5, 0.6) is 0 Å². The second-order valence-corrected chi connectivity index (χ2v) is 6.62. The summed E-state index contributed by atoms with van der Waals surface area (Å²) >= 11 is 6.87. The lowest BCUT2D eigenvalue weighted by Crippen LogP contribution is -2.11. The summed E-state index contributed by atoms with van der Waals surface area (Å²) in [5, 5.41) is 0.114. The van der Waals surface area contributed by atoms with Gasteiger partial charge < -0.3 is 0 Å². The van der Waals surface area contributed by atoms with Crippen molar-refractivity contribution in [2.24, 2.45) is 5.92 Å². The van der Waals surface area contributed by atoms with Crippen molar-refractivity contribution in [3.63, 3.8) is 0 Å². The molecule has 0 amide bonds. The number of hydrogen-bond donors (Lipinski definition) is 0. The molecule has 0 spiro atoms. The molecule has 0 aromatic heterocycles. The zero-order valence-corrected chi connectivity index (χ0v) is 13.2. The zero-order valence-electron chi connectivity index (χ0n) is 12.4. The predicted octanol–water partition coefficient (Wildman–Crippen LogP) is 5.31. The first kappa shape index (κ1) is 13.7. The van der Waals surface area contributed by atoms with Gasteiger partial charge in [0.2, 0.25) is 0 Å². The van der Waals surface area contributed by atoms with Crippen LogP contribution in [0.15, 0.2) is 36.4 Å². The largest absolute Gasteiger partial charge is 0.117 e. The summed E-state index contributed by atoms with van der Waals surface area (Å²) < 4.78 is 0. The molecule has 1 aliphatic carbocycles. The number of alkyl halides is 1. The maximum absolute atomic E-state index is 6.87. The smallest absolute Gasteiger partial charge is 0.0624 e. The van der Waals surface area contributed by atoms with E-state index in [1.165, 1.54) is 33.4 Å². The quantitative estimate of drug-likeness (QED) is 0.656. The van der Waals surface area contributed by atoms with E-state index in [-0.39, 0.29) is 5.38 Å². The average Bonchev–Trinajstić information content (AvgIpc) is 2.81. The van der Waals surface area contributed by atoms with Gasteiger partial charge in [-0.1, -0.05) is 42.0 Å². The Kier molecular flexibility index (Phi) is 3.60. The van der Waals surface area contributed by atoms with Crippen molar-refractivity contribution in [2.75, 3.05) is 0 Å². The monoisotopic (exact) mass is 284 g/mol. The molecule has 1 aliphatic rings. The number of fused-ring (bicyclic) bond motifs is 1. The topological polar surface area (TPSA) is 0 Å². The first-order valence-electron chi connectivity index (χ1n) is 7.35. The Labute approximate surface area is 126 Å². The normalized spacial score (nSPS) is 16.2. The Morgan fingerprint density at radius 1 is 0.950 bits per heavy atom. The fraction of sp³-hybridized carbons (Fsp3) is 0.368. The number of halogens is 1. The Bertz CT molecular complexity index is 594. The van der Waals surface area contributed by atoms with Gasteiger partial charge in [0, 0.05) is 0 Å². The molecule has 0 aliphatic heterocycles. The van der Waals surface area contributed by atoms with Gasteiger partial charge >= 0.3 is 0 Å². The summed E-state index contributed by atoms with van der Waals surface area (Å²) in [5.74, 6) is 0.522. The summed E-state index contributed by atoms with van der Waals surface area (Å²) in [4.78, 5) is 0. The lowest BCUT2D eigenvalue weighted by molar-refractivity contribution is 0.538. The lowest BCUT2D eigenvalue weighted by atomic mass is 9.89. The molecule has 2 aromatic carbocycles. The molecule has 1 atom stereocenters. The van der Waals surface area contributed by atoms with Crippen LogP contribution in [-0.2, 0) is 12.8 Å². The Morgan fingerprint density at radius 3 is 1.95 bits per heavy atom. The maximum Gasteiger partial charge on any atom is 0.0624 e. The van der Waals surface area contributed by atoms with Crippen LogP contribution in [0, 0.1) is 26.7 Å². The molecule has 0 saturated heterocycles. The van der Waals surface area contributed by atoms with E-state index in [0.717, 1.165) is 12.8 Å². The molecule has 3 rings (SSSR count). The molecule has 0 N–H and O–H groups in total. The minimum absolute atomic E-state index is 0.114. The molecule has 0 nitrogen and oxygen atoms in total. The van der Waals surface area contributed by atoms with E-state index >= 15 is 0 Å². The van der Waals surface area contributed by atoms with Crippen molar-refractivity contribution in [3.8, 4) is 0 Å². The van der Waals surface area contributed by atoms with Gasteiger partial charge in [0.15, 0.2) is 0 Å². The number of hydrogen-bond acceptors (Lipinski definition) is 0. The molecule has 20 heavy (non-hydrogen) atoms. The van der Waals surface area contributed by atoms with Crippen molar-refractivity contribution in [1.82, 2.24) is 0 Å². The van der Waals surface area contributed by atoms with Crippen LogP contribution >= 0.6 is 11.6 Å². The highest BCUT2D eigenvalue weighted by molar-refractivity contribution is 6.21. The van der Waals surface area contributed by atoms with E-state index in [2.05, 4.69) is 57.2 Å². The molecular formula is C19H21Cl. The predicted molar refractivity (Wildman–Crippen MR) is 86.6 cm³/mol. The number of rotatable bonds is 2. The van der Waals surface area contributed by atoms with Gasteiger partial charge in [0.05, 0.1) is 5.38 Å². The third kappa shape index (κ3) is 2.38. The summed E-state index contributed by atoms with van der Waals surface area (Å²) in [6, 6.07) is 13.3. The third-order valence-corrected chi connectivity index (χ3v) is 5.08. The number of aryl methyl sites for hydroxylation is 3. The lowest BCUT2D eigenvalue weighted by Gasteiger charge is -2.22. The molecule has 0 heterocycles. The van der Waals surface area contributed by atoms with Crippen LogP contribution < -0.4 is 0 Å². The highest BCUT2D eigenvalue weighted by Gasteiger charge is 2.29. The van der Waals surface area contributed by atoms with Crippen LogP contribution in [0.2, 0.25) is 0 Å². The summed E-state index contributed by atoms with van der Waals surface area (Å²) in [5.41, 5.74) is 8.28. The Morgan fingerprint density at radius 2 is 1.45 bits per heavy atom. The van der Waals surface area contributed by atoms with Gasteiger partial charge in [-0.25, -0.2) is 0 Å². The molecule has 1 unspecified atom stereocenters. The van der Waals surface area contributed by atoms with Gasteiger partial charge in [0.25, 0.3) is 0 Å². The van der Waals surface area contributed by atoms with Gasteiger partial charge in [0.1, 0.15) is 0 Å². The van der Waals surface area contributed by atoms with Crippen molar-refractivity contribution in [2.45, 2.75) is 39.0 Å². The van der Waals surface area contributed by atoms with Crippen LogP contribution in [0.25, 0.3) is 0 Å². The van der Waals surface area contributed by atoms with Gasteiger partial charge in [-0.15, -0.1) is 11.6 Å². The Balaban J connectivity index is 1.90. The van der Waals surface area contributed by atoms with Crippen LogP contribution in [0.1, 0.15) is 38.8 Å². The second kappa shape index (κ2) is 5.26. The Hall–Kier alpha value is -1.27. The van der Waals surface area contributed by atoms with Gasteiger partial charge in [-0.3, -0.25) is 0 Å². The molecule has 2 aromatic rings. The summed E-state index contributed by atoms with van der Waals surface area (Å²) in [6.45, 7) is 6.53. The third-order valence-electron chi connectivity index (χ3n) is 4.51.